The third kappa shape index (κ3) is 3.08. The number of carbonyl (C=O) groups excluding carboxylic acids is 2. The maximum absolute atomic E-state index is 12.3. The van der Waals surface area contributed by atoms with Gasteiger partial charge in [0.15, 0.2) is 11.5 Å². The third-order valence-electron chi connectivity index (χ3n) is 3.17. The molecule has 2 aromatic rings. The van der Waals surface area contributed by atoms with E-state index in [4.69, 9.17) is 14.2 Å². The average molecular weight is 314 g/mol. The summed E-state index contributed by atoms with van der Waals surface area (Å²) in [6, 6.07) is 7.98. The molecule has 0 saturated heterocycles. The molecule has 2 heterocycles. The largest absolute Gasteiger partial charge is 0.462 e. The zero-order chi connectivity index (χ0) is 16.2. The molecule has 0 atom stereocenters. The van der Waals surface area contributed by atoms with Gasteiger partial charge in [0.2, 0.25) is 6.79 Å². The molecule has 1 aliphatic heterocycles. The Labute approximate surface area is 132 Å². The molecule has 1 aromatic heterocycles. The minimum atomic E-state index is -0.540. The maximum atomic E-state index is 12.3. The highest BCUT2D eigenvalue weighted by atomic mass is 16.7. The van der Waals surface area contributed by atoms with Gasteiger partial charge in [0.1, 0.15) is 11.4 Å². The number of benzene rings is 1. The fourth-order valence-electron chi connectivity index (χ4n) is 2.10. The van der Waals surface area contributed by atoms with Crippen LogP contribution in [0.1, 0.15) is 27.6 Å². The number of pyridine rings is 1. The summed E-state index contributed by atoms with van der Waals surface area (Å²) in [4.78, 5) is 28.3. The van der Waals surface area contributed by atoms with Crippen molar-refractivity contribution in [3.05, 3.63) is 47.7 Å². The SMILES string of the molecule is CCOC(=O)c1cccnc1NC(=O)c1ccc2c(c1)OCO2. The number of carbonyl (C=O) groups is 2. The summed E-state index contributed by atoms with van der Waals surface area (Å²) in [5, 5.41) is 2.61. The lowest BCUT2D eigenvalue weighted by molar-refractivity contribution is 0.0527. The highest BCUT2D eigenvalue weighted by Crippen LogP contribution is 2.32. The summed E-state index contributed by atoms with van der Waals surface area (Å²) in [6.45, 7) is 2.08. The molecule has 1 aliphatic rings. The Morgan fingerprint density at radius 3 is 2.91 bits per heavy atom. The quantitative estimate of drug-likeness (QED) is 0.871. The van der Waals surface area contributed by atoms with Crippen LogP contribution >= 0.6 is 0 Å². The summed E-state index contributed by atoms with van der Waals surface area (Å²) in [5.41, 5.74) is 0.568. The Kier molecular flexibility index (Phi) is 4.09. The van der Waals surface area contributed by atoms with E-state index in [0.29, 0.717) is 17.1 Å². The van der Waals surface area contributed by atoms with Crippen LogP contribution in [-0.2, 0) is 4.74 Å². The second kappa shape index (κ2) is 6.35. The zero-order valence-electron chi connectivity index (χ0n) is 12.4. The van der Waals surface area contributed by atoms with Crippen LogP contribution in [0.5, 0.6) is 11.5 Å². The van der Waals surface area contributed by atoms with E-state index >= 15 is 0 Å². The molecular formula is C16H14N2O5. The van der Waals surface area contributed by atoms with Gasteiger partial charge in [-0.2, -0.15) is 0 Å². The fraction of sp³-hybridized carbons (Fsp3) is 0.188. The second-order valence-corrected chi connectivity index (χ2v) is 4.64. The van der Waals surface area contributed by atoms with Crippen LogP contribution < -0.4 is 14.8 Å². The number of anilines is 1. The molecule has 118 valence electrons. The standard InChI is InChI=1S/C16H14N2O5/c1-2-21-16(20)11-4-3-7-17-14(11)18-15(19)10-5-6-12-13(8-10)23-9-22-12/h3-8H,2,9H2,1H3,(H,17,18,19). The van der Waals surface area contributed by atoms with Crippen molar-refractivity contribution in [2.24, 2.45) is 0 Å². The van der Waals surface area contributed by atoms with Gasteiger partial charge in [0, 0.05) is 11.8 Å². The van der Waals surface area contributed by atoms with Gasteiger partial charge in [0.05, 0.1) is 6.61 Å². The Bertz CT molecular complexity index is 760. The predicted molar refractivity (Wildman–Crippen MR) is 80.7 cm³/mol. The number of nitrogens with one attached hydrogen (secondary N) is 1. The summed E-state index contributed by atoms with van der Waals surface area (Å²) in [6.07, 6.45) is 1.48. The Morgan fingerprint density at radius 2 is 2.09 bits per heavy atom. The molecule has 0 aliphatic carbocycles. The minimum Gasteiger partial charge on any atom is -0.462 e. The lowest BCUT2D eigenvalue weighted by atomic mass is 10.2. The first-order chi connectivity index (χ1) is 11.2. The van der Waals surface area contributed by atoms with Crippen molar-refractivity contribution in [1.29, 1.82) is 0 Å². The normalized spacial score (nSPS) is 11.9. The van der Waals surface area contributed by atoms with Gasteiger partial charge in [-0.3, -0.25) is 4.79 Å². The molecule has 23 heavy (non-hydrogen) atoms. The van der Waals surface area contributed by atoms with Crippen molar-refractivity contribution < 1.29 is 23.8 Å². The first-order valence-corrected chi connectivity index (χ1v) is 7.02. The zero-order valence-corrected chi connectivity index (χ0v) is 12.4. The van der Waals surface area contributed by atoms with E-state index in [2.05, 4.69) is 10.3 Å². The number of esters is 1. The molecule has 0 spiro atoms. The van der Waals surface area contributed by atoms with E-state index in [9.17, 15) is 9.59 Å². The van der Waals surface area contributed by atoms with Gasteiger partial charge in [-0.15, -0.1) is 0 Å². The maximum Gasteiger partial charge on any atom is 0.341 e. The average Bonchev–Trinajstić information content (AvgIpc) is 3.03. The van der Waals surface area contributed by atoms with Crippen molar-refractivity contribution >= 4 is 17.7 Å². The monoisotopic (exact) mass is 314 g/mol. The molecule has 0 fully saturated rings. The van der Waals surface area contributed by atoms with Gasteiger partial charge < -0.3 is 19.5 Å². The molecule has 0 saturated carbocycles. The van der Waals surface area contributed by atoms with Gasteiger partial charge >= 0.3 is 5.97 Å². The molecule has 7 heteroatoms. The molecular weight excluding hydrogens is 300 g/mol. The molecule has 7 nitrogen and oxygen atoms in total. The number of nitrogens with zero attached hydrogens (tertiary/aromatic N) is 1. The summed E-state index contributed by atoms with van der Waals surface area (Å²) < 4.78 is 15.4. The van der Waals surface area contributed by atoms with E-state index in [-0.39, 0.29) is 24.8 Å². The lowest BCUT2D eigenvalue weighted by Gasteiger charge is -2.09. The lowest BCUT2D eigenvalue weighted by Crippen LogP contribution is -2.17. The van der Waals surface area contributed by atoms with Crippen LogP contribution in [-0.4, -0.2) is 30.3 Å². The number of aromatic nitrogens is 1. The third-order valence-corrected chi connectivity index (χ3v) is 3.17. The summed E-state index contributed by atoms with van der Waals surface area (Å²) in [5.74, 6) is 0.290. The number of rotatable bonds is 4. The van der Waals surface area contributed by atoms with E-state index in [1.807, 2.05) is 0 Å². The Hall–Kier alpha value is -3.09. The molecule has 0 bridgehead atoms. The highest BCUT2D eigenvalue weighted by Gasteiger charge is 2.19. The molecule has 1 N–H and O–H groups in total. The highest BCUT2D eigenvalue weighted by molar-refractivity contribution is 6.07. The van der Waals surface area contributed by atoms with E-state index in [1.165, 1.54) is 6.20 Å². The number of hydrogen-bond acceptors (Lipinski definition) is 6. The second-order valence-electron chi connectivity index (χ2n) is 4.64. The van der Waals surface area contributed by atoms with Crippen LogP contribution in [0, 0.1) is 0 Å². The topological polar surface area (TPSA) is 86.8 Å². The summed E-state index contributed by atoms with van der Waals surface area (Å²) >= 11 is 0. The van der Waals surface area contributed by atoms with E-state index < -0.39 is 11.9 Å². The van der Waals surface area contributed by atoms with Crippen molar-refractivity contribution in [3.8, 4) is 11.5 Å². The van der Waals surface area contributed by atoms with Crippen LogP contribution in [0.4, 0.5) is 5.82 Å². The van der Waals surface area contributed by atoms with Gasteiger partial charge in [-0.1, -0.05) is 0 Å². The van der Waals surface area contributed by atoms with Crippen molar-refractivity contribution in [2.75, 3.05) is 18.7 Å². The van der Waals surface area contributed by atoms with Crippen LogP contribution in [0.15, 0.2) is 36.5 Å². The Morgan fingerprint density at radius 1 is 1.26 bits per heavy atom. The number of ether oxygens (including phenoxy) is 3. The molecule has 0 radical (unpaired) electrons. The first-order valence-electron chi connectivity index (χ1n) is 7.02. The predicted octanol–water partition coefficient (Wildman–Crippen LogP) is 2.24. The fourth-order valence-corrected chi connectivity index (χ4v) is 2.10. The van der Waals surface area contributed by atoms with Gasteiger partial charge in [-0.25, -0.2) is 9.78 Å². The van der Waals surface area contributed by atoms with Crippen molar-refractivity contribution in [1.82, 2.24) is 4.98 Å². The van der Waals surface area contributed by atoms with Gasteiger partial charge in [0.25, 0.3) is 5.91 Å². The van der Waals surface area contributed by atoms with Crippen LogP contribution in [0.3, 0.4) is 0 Å². The molecule has 3 rings (SSSR count). The molecule has 1 aromatic carbocycles. The first kappa shape index (κ1) is 14.8. The summed E-state index contributed by atoms with van der Waals surface area (Å²) in [7, 11) is 0. The van der Waals surface area contributed by atoms with Crippen LogP contribution in [0.2, 0.25) is 0 Å². The smallest absolute Gasteiger partial charge is 0.341 e. The molecule has 1 amide bonds. The van der Waals surface area contributed by atoms with E-state index in [0.717, 1.165) is 0 Å². The molecule has 0 unspecified atom stereocenters. The van der Waals surface area contributed by atoms with Crippen molar-refractivity contribution in [2.45, 2.75) is 6.92 Å². The number of amides is 1. The Balaban J connectivity index is 1.82. The van der Waals surface area contributed by atoms with Gasteiger partial charge in [-0.05, 0) is 37.3 Å². The number of fused-ring (bicyclic) bond motifs is 1. The van der Waals surface area contributed by atoms with Crippen molar-refractivity contribution in [3.63, 3.8) is 0 Å². The van der Waals surface area contributed by atoms with E-state index in [1.54, 1.807) is 37.3 Å². The van der Waals surface area contributed by atoms with Crippen LogP contribution in [0.25, 0.3) is 0 Å². The number of hydrogen-bond donors (Lipinski definition) is 1. The minimum absolute atomic E-state index is 0.133.